The van der Waals surface area contributed by atoms with E-state index in [1.165, 1.54) is 89.9 Å². The second kappa shape index (κ2) is 24.6. The van der Waals surface area contributed by atoms with Crippen LogP contribution in [0.1, 0.15) is 262 Å². The van der Waals surface area contributed by atoms with Crippen LogP contribution in [0.4, 0.5) is 0 Å². The summed E-state index contributed by atoms with van der Waals surface area (Å²) in [4.78, 5) is 36.9. The van der Waals surface area contributed by atoms with Crippen molar-refractivity contribution in [3.8, 4) is 0 Å². The molecule has 8 aliphatic rings. The third kappa shape index (κ3) is 13.6. The second-order valence-electron chi connectivity index (χ2n) is 23.6. The zero-order valence-corrected chi connectivity index (χ0v) is 39.4. The van der Waals surface area contributed by atoms with Crippen LogP contribution in [0.3, 0.4) is 0 Å². The maximum atomic E-state index is 12.6. The molecule has 0 heterocycles. The highest BCUT2D eigenvalue weighted by molar-refractivity contribution is 5.77. The van der Waals surface area contributed by atoms with Crippen LogP contribution in [-0.4, -0.2) is 34.7 Å². The molecule has 8 fully saturated rings. The highest BCUT2D eigenvalue weighted by Gasteiger charge is 2.67. The van der Waals surface area contributed by atoms with Crippen molar-refractivity contribution >= 4 is 17.9 Å². The molecular weight excluding hydrogens is 793 g/mol. The van der Waals surface area contributed by atoms with Gasteiger partial charge in [0.15, 0.2) is 0 Å². The smallest absolute Gasteiger partial charge is 0.312 e. The molecule has 0 aromatic rings. The summed E-state index contributed by atoms with van der Waals surface area (Å²) in [5.74, 6) is 8.82. The molecule has 380 valence electrons. The number of carbonyl (C=O) groups excluding carboxylic acids is 3. The minimum atomic E-state index is -0.341. The van der Waals surface area contributed by atoms with Gasteiger partial charge in [0.1, 0.15) is 16.8 Å². The SMILES string of the molecule is C.C.C.C.C.C.CCC(C)(C)C(=O)OC1(C)CC2CC1C1C3CCC(C3)C21.CCC(C)(C)C(=O)OC1(C)CCC2CCCCC2C1.CCC(C)C(=O)OC1(C)CCC2CCCCC2C1. The number of esters is 3. The van der Waals surface area contributed by atoms with Crippen LogP contribution in [0.5, 0.6) is 0 Å². The van der Waals surface area contributed by atoms with E-state index >= 15 is 0 Å². The number of rotatable bonds is 9. The maximum Gasteiger partial charge on any atom is 0.312 e. The maximum absolute atomic E-state index is 12.6. The fraction of sp³-hybridized carbons (Fsp3) is 0.948. The molecule has 8 aliphatic carbocycles. The van der Waals surface area contributed by atoms with E-state index in [4.69, 9.17) is 14.2 Å². The Hall–Kier alpha value is -1.59. The molecule has 8 rings (SSSR count). The van der Waals surface area contributed by atoms with Crippen LogP contribution in [0.25, 0.3) is 0 Å². The van der Waals surface area contributed by atoms with Crippen LogP contribution >= 0.6 is 0 Å². The van der Waals surface area contributed by atoms with Gasteiger partial charge in [0.25, 0.3) is 0 Å². The fourth-order valence-corrected chi connectivity index (χ4v) is 13.8. The molecule has 0 amide bonds. The van der Waals surface area contributed by atoms with Crippen molar-refractivity contribution in [1.29, 1.82) is 0 Å². The van der Waals surface area contributed by atoms with Crippen molar-refractivity contribution in [2.45, 2.75) is 279 Å². The molecule has 6 heteroatoms. The summed E-state index contributed by atoms with van der Waals surface area (Å²) in [5, 5.41) is 0. The van der Waals surface area contributed by atoms with Gasteiger partial charge >= 0.3 is 17.9 Å². The largest absolute Gasteiger partial charge is 0.459 e. The lowest BCUT2D eigenvalue weighted by Gasteiger charge is -2.45. The van der Waals surface area contributed by atoms with Gasteiger partial charge in [-0.15, -0.1) is 0 Å². The number of fused-ring (bicyclic) bond motifs is 11. The summed E-state index contributed by atoms with van der Waals surface area (Å²) in [6.45, 7) is 22.7. The Morgan fingerprint density at radius 3 is 1.39 bits per heavy atom. The third-order valence-corrected chi connectivity index (χ3v) is 18.6. The molecule has 0 aromatic carbocycles. The normalized spacial score (nSPS) is 37.7. The van der Waals surface area contributed by atoms with Crippen molar-refractivity contribution in [2.24, 2.45) is 75.9 Å². The van der Waals surface area contributed by atoms with E-state index in [2.05, 4.69) is 34.6 Å². The van der Waals surface area contributed by atoms with Crippen molar-refractivity contribution < 1.29 is 28.6 Å². The Labute approximate surface area is 399 Å². The Morgan fingerprint density at radius 2 is 0.938 bits per heavy atom. The highest BCUT2D eigenvalue weighted by Crippen LogP contribution is 2.70. The van der Waals surface area contributed by atoms with E-state index in [9.17, 15) is 14.4 Å². The summed E-state index contributed by atoms with van der Waals surface area (Å²) >= 11 is 0. The lowest BCUT2D eigenvalue weighted by molar-refractivity contribution is -0.179. The Kier molecular flexibility index (Phi) is 24.0. The molecule has 14 atom stereocenters. The minimum Gasteiger partial charge on any atom is -0.459 e. The Balaban J connectivity index is 0.000000892. The summed E-state index contributed by atoms with van der Waals surface area (Å²) in [5.41, 5.74) is -1.23. The second-order valence-corrected chi connectivity index (χ2v) is 23.6. The van der Waals surface area contributed by atoms with Gasteiger partial charge in [-0.2, -0.15) is 0 Å². The molecule has 0 N–H and O–H groups in total. The molecule has 0 saturated heterocycles. The summed E-state index contributed by atoms with van der Waals surface area (Å²) < 4.78 is 18.0. The van der Waals surface area contributed by atoms with Gasteiger partial charge in [-0.25, -0.2) is 0 Å². The van der Waals surface area contributed by atoms with Gasteiger partial charge < -0.3 is 14.2 Å². The zero-order valence-electron chi connectivity index (χ0n) is 39.4. The first-order valence-electron chi connectivity index (χ1n) is 25.0. The Morgan fingerprint density at radius 1 is 0.516 bits per heavy atom. The first-order valence-corrected chi connectivity index (χ1v) is 25.0. The van der Waals surface area contributed by atoms with Crippen LogP contribution in [-0.2, 0) is 28.6 Å². The van der Waals surface area contributed by atoms with Crippen LogP contribution < -0.4 is 0 Å². The summed E-state index contributed by atoms with van der Waals surface area (Å²) in [6, 6.07) is 0. The van der Waals surface area contributed by atoms with E-state index in [1.807, 2.05) is 41.5 Å². The molecule has 0 radical (unpaired) electrons. The average Bonchev–Trinajstić information content (AvgIpc) is 3.98. The average molecular weight is 906 g/mol. The van der Waals surface area contributed by atoms with E-state index in [0.29, 0.717) is 5.92 Å². The lowest BCUT2D eigenvalue weighted by atomic mass is 9.66. The monoisotopic (exact) mass is 905 g/mol. The molecule has 4 bridgehead atoms. The topological polar surface area (TPSA) is 78.9 Å². The predicted molar refractivity (Wildman–Crippen MR) is 274 cm³/mol. The van der Waals surface area contributed by atoms with E-state index in [1.54, 1.807) is 0 Å². The molecule has 14 unspecified atom stereocenters. The van der Waals surface area contributed by atoms with E-state index < -0.39 is 0 Å². The summed E-state index contributed by atoms with van der Waals surface area (Å²) in [7, 11) is 0. The molecule has 6 nitrogen and oxygen atoms in total. The number of ether oxygens (including phenoxy) is 3. The highest BCUT2D eigenvalue weighted by atomic mass is 16.6. The van der Waals surface area contributed by atoms with Gasteiger partial charge in [-0.3, -0.25) is 14.4 Å². The van der Waals surface area contributed by atoms with Crippen LogP contribution in [0.15, 0.2) is 0 Å². The lowest BCUT2D eigenvalue weighted by Crippen LogP contribution is -2.47. The Bertz CT molecular complexity index is 1440. The molecule has 0 spiro atoms. The first-order chi connectivity index (χ1) is 27.3. The van der Waals surface area contributed by atoms with Crippen molar-refractivity contribution in [1.82, 2.24) is 0 Å². The van der Waals surface area contributed by atoms with Crippen molar-refractivity contribution in [2.75, 3.05) is 0 Å². The zero-order chi connectivity index (χ0) is 42.3. The van der Waals surface area contributed by atoms with Gasteiger partial charge in [0.2, 0.25) is 0 Å². The van der Waals surface area contributed by atoms with Crippen LogP contribution in [0.2, 0.25) is 0 Å². The van der Waals surface area contributed by atoms with Gasteiger partial charge in [0.05, 0.1) is 16.7 Å². The number of hydrogen-bond acceptors (Lipinski definition) is 6. The molecule has 0 aliphatic heterocycles. The van der Waals surface area contributed by atoms with E-state index in [-0.39, 0.29) is 96.0 Å². The van der Waals surface area contributed by atoms with Gasteiger partial charge in [0, 0.05) is 5.92 Å². The van der Waals surface area contributed by atoms with Crippen molar-refractivity contribution in [3.63, 3.8) is 0 Å². The van der Waals surface area contributed by atoms with Gasteiger partial charge in [-0.1, -0.05) is 124 Å². The van der Waals surface area contributed by atoms with Gasteiger partial charge in [-0.05, 0) is 192 Å². The number of hydrogen-bond donors (Lipinski definition) is 0. The van der Waals surface area contributed by atoms with Crippen molar-refractivity contribution in [3.05, 3.63) is 0 Å². The molecule has 8 saturated carbocycles. The predicted octanol–water partition coefficient (Wildman–Crippen LogP) is 17.3. The molecule has 64 heavy (non-hydrogen) atoms. The number of carbonyl (C=O) groups is 3. The van der Waals surface area contributed by atoms with E-state index in [0.717, 1.165) is 105 Å². The fourth-order valence-electron chi connectivity index (χ4n) is 13.8. The first kappa shape index (κ1) is 62.4. The van der Waals surface area contributed by atoms with Crippen LogP contribution in [0, 0.1) is 75.9 Å². The summed E-state index contributed by atoms with van der Waals surface area (Å²) in [6.07, 6.45) is 27.3. The molecular formula is C58H112O6. The third-order valence-electron chi connectivity index (χ3n) is 18.6. The molecule has 0 aromatic heterocycles. The standard InChI is InChI=1S/C19H30O2.C17H30O2.C16H28O2.6CH4/c1-5-18(2,3)17(20)21-19(4)10-13-9-14(19)16-12-7-6-11(8-12)15(13)16;1-5-16(2,3)15(18)19-17(4)11-10-13-8-6-7-9-14(13)12-17;1-4-12(2)15(17)18-16(3)10-9-13-7-5-6-8-14(13)11-16;;;;;;/h11-16H,5-10H2,1-4H3;13-14H,5-12H2,1-4H3;12-14H,4-11H2,1-3H3;6*1H4. The minimum absolute atomic E-state index is 0. The quantitative estimate of drug-likeness (QED) is 0.130.